The third kappa shape index (κ3) is 3.23. The summed E-state index contributed by atoms with van der Waals surface area (Å²) in [5.41, 5.74) is 1.75. The molecule has 0 radical (unpaired) electrons. The lowest BCUT2D eigenvalue weighted by Crippen LogP contribution is -2.41. The Kier molecular flexibility index (Phi) is 5.16. The highest BCUT2D eigenvalue weighted by Crippen LogP contribution is 2.20. The molecule has 0 aliphatic rings. The van der Waals surface area contributed by atoms with E-state index in [1.807, 2.05) is 25.5 Å². The van der Waals surface area contributed by atoms with Gasteiger partial charge >= 0.3 is 0 Å². The number of amides is 1. The first-order valence-corrected chi connectivity index (χ1v) is 6.42. The Labute approximate surface area is 113 Å². The Morgan fingerprint density at radius 3 is 2.67 bits per heavy atom. The predicted octanol–water partition coefficient (Wildman–Crippen LogP) is 1.43. The van der Waals surface area contributed by atoms with Crippen LogP contribution in [0.4, 0.5) is 0 Å². The number of hydrogen-bond donors (Lipinski definition) is 1. The fourth-order valence-electron chi connectivity index (χ4n) is 1.76. The zero-order chi connectivity index (χ0) is 13.9. The summed E-state index contributed by atoms with van der Waals surface area (Å²) in [6, 6.07) is -0.239. The normalized spacial score (nSPS) is 12.6. The number of aryl methyl sites for hydroxylation is 2. The number of nitrogens with zero attached hydrogens (tertiary/aromatic N) is 3. The number of aromatic nitrogens is 2. The molecule has 6 heteroatoms. The van der Waals surface area contributed by atoms with Crippen molar-refractivity contribution in [2.75, 3.05) is 14.1 Å². The van der Waals surface area contributed by atoms with Crippen LogP contribution >= 0.6 is 11.6 Å². The number of carbonyl (C=O) groups is 1. The molecule has 1 heterocycles. The minimum absolute atomic E-state index is 0.0467. The molecule has 0 aromatic carbocycles. The van der Waals surface area contributed by atoms with Gasteiger partial charge in [-0.15, -0.1) is 0 Å². The second-order valence-electron chi connectivity index (χ2n) is 4.50. The molecule has 5 nitrogen and oxygen atoms in total. The highest BCUT2D eigenvalue weighted by Gasteiger charge is 2.17. The first-order valence-electron chi connectivity index (χ1n) is 6.04. The van der Waals surface area contributed by atoms with E-state index in [-0.39, 0.29) is 11.9 Å². The number of nitrogens with one attached hydrogen (secondary N) is 1. The van der Waals surface area contributed by atoms with Gasteiger partial charge in [0.25, 0.3) is 0 Å². The van der Waals surface area contributed by atoms with Crippen LogP contribution in [0.5, 0.6) is 0 Å². The van der Waals surface area contributed by atoms with Crippen LogP contribution in [0.1, 0.15) is 25.2 Å². The monoisotopic (exact) mass is 272 g/mol. The fourth-order valence-corrected chi connectivity index (χ4v) is 1.96. The first kappa shape index (κ1) is 15.0. The van der Waals surface area contributed by atoms with Crippen molar-refractivity contribution in [3.63, 3.8) is 0 Å². The van der Waals surface area contributed by atoms with Crippen molar-refractivity contribution in [2.45, 2.75) is 39.9 Å². The Bertz CT molecular complexity index is 428. The van der Waals surface area contributed by atoms with Crippen LogP contribution in [0.15, 0.2) is 0 Å². The molecule has 18 heavy (non-hydrogen) atoms. The van der Waals surface area contributed by atoms with Gasteiger partial charge in [0.1, 0.15) is 0 Å². The van der Waals surface area contributed by atoms with E-state index in [1.165, 1.54) is 0 Å². The lowest BCUT2D eigenvalue weighted by molar-refractivity contribution is -0.130. The molecule has 0 spiro atoms. The van der Waals surface area contributed by atoms with Crippen LogP contribution in [0, 0.1) is 6.92 Å². The molecule has 0 aliphatic heterocycles. The molecule has 1 aromatic rings. The van der Waals surface area contributed by atoms with Crippen molar-refractivity contribution < 1.29 is 4.79 Å². The van der Waals surface area contributed by atoms with Gasteiger partial charge in [0.2, 0.25) is 5.91 Å². The van der Waals surface area contributed by atoms with E-state index < -0.39 is 0 Å². The van der Waals surface area contributed by atoms with E-state index in [2.05, 4.69) is 10.4 Å². The van der Waals surface area contributed by atoms with Gasteiger partial charge in [-0.2, -0.15) is 5.10 Å². The number of rotatable bonds is 5. The zero-order valence-electron chi connectivity index (χ0n) is 11.6. The van der Waals surface area contributed by atoms with Gasteiger partial charge in [-0.05, 0) is 20.8 Å². The van der Waals surface area contributed by atoms with E-state index in [9.17, 15) is 4.79 Å². The van der Waals surface area contributed by atoms with Crippen LogP contribution in [0.25, 0.3) is 0 Å². The van der Waals surface area contributed by atoms with E-state index in [0.717, 1.165) is 17.9 Å². The highest BCUT2D eigenvalue weighted by atomic mass is 35.5. The van der Waals surface area contributed by atoms with E-state index in [0.29, 0.717) is 11.6 Å². The van der Waals surface area contributed by atoms with Gasteiger partial charge in [-0.3, -0.25) is 9.48 Å². The summed E-state index contributed by atoms with van der Waals surface area (Å²) in [5, 5.41) is 8.18. The maximum Gasteiger partial charge on any atom is 0.238 e. The molecule has 0 aliphatic carbocycles. The van der Waals surface area contributed by atoms with Crippen molar-refractivity contribution in [1.29, 1.82) is 0 Å². The third-order valence-corrected chi connectivity index (χ3v) is 3.33. The molecule has 102 valence electrons. The molecular formula is C12H21ClN4O. The summed E-state index contributed by atoms with van der Waals surface area (Å²) in [6.45, 7) is 7.04. The number of halogens is 1. The summed E-state index contributed by atoms with van der Waals surface area (Å²) in [4.78, 5) is 13.3. The topological polar surface area (TPSA) is 50.2 Å². The molecule has 0 saturated carbocycles. The van der Waals surface area contributed by atoms with E-state index >= 15 is 0 Å². The lowest BCUT2D eigenvalue weighted by atomic mass is 10.2. The van der Waals surface area contributed by atoms with Gasteiger partial charge in [-0.25, -0.2) is 0 Å². The SMILES string of the molecule is CCn1nc(C)c(Cl)c1CNC(C)C(=O)N(C)C. The fraction of sp³-hybridized carbons (Fsp3) is 0.667. The number of hydrogen-bond acceptors (Lipinski definition) is 3. The van der Waals surface area contributed by atoms with E-state index in [4.69, 9.17) is 11.6 Å². The molecule has 0 fully saturated rings. The standard InChI is InChI=1S/C12H21ClN4O/c1-6-17-10(11(13)8(2)15-17)7-14-9(3)12(18)16(4)5/h9,14H,6-7H2,1-5H3. The zero-order valence-corrected chi connectivity index (χ0v) is 12.4. The largest absolute Gasteiger partial charge is 0.347 e. The maximum atomic E-state index is 11.7. The van der Waals surface area contributed by atoms with Crippen molar-refractivity contribution in [3.05, 3.63) is 16.4 Å². The molecule has 1 rings (SSSR count). The highest BCUT2D eigenvalue weighted by molar-refractivity contribution is 6.31. The molecule has 1 amide bonds. The molecule has 1 N–H and O–H groups in total. The molecule has 0 bridgehead atoms. The predicted molar refractivity (Wildman–Crippen MR) is 72.6 cm³/mol. The van der Waals surface area contributed by atoms with Gasteiger partial charge < -0.3 is 10.2 Å². The minimum atomic E-state index is -0.239. The van der Waals surface area contributed by atoms with Crippen LogP contribution < -0.4 is 5.32 Å². The molecule has 1 aromatic heterocycles. The average molecular weight is 273 g/mol. The summed E-state index contributed by atoms with van der Waals surface area (Å²) in [5.74, 6) is 0.0467. The second kappa shape index (κ2) is 6.20. The summed E-state index contributed by atoms with van der Waals surface area (Å²) in [6.07, 6.45) is 0. The summed E-state index contributed by atoms with van der Waals surface area (Å²) < 4.78 is 1.86. The first-order chi connectivity index (χ1) is 8.38. The Morgan fingerprint density at radius 1 is 1.56 bits per heavy atom. The van der Waals surface area contributed by atoms with Gasteiger partial charge in [0.05, 0.1) is 22.5 Å². The van der Waals surface area contributed by atoms with Crippen molar-refractivity contribution in [3.8, 4) is 0 Å². The Hall–Kier alpha value is -1.07. The Balaban J connectivity index is 2.72. The summed E-state index contributed by atoms with van der Waals surface area (Å²) >= 11 is 6.20. The number of carbonyl (C=O) groups excluding carboxylic acids is 1. The second-order valence-corrected chi connectivity index (χ2v) is 4.88. The average Bonchev–Trinajstić information content (AvgIpc) is 2.61. The van der Waals surface area contributed by atoms with Gasteiger partial charge in [0, 0.05) is 27.2 Å². The van der Waals surface area contributed by atoms with Crippen LogP contribution in [0.2, 0.25) is 5.02 Å². The minimum Gasteiger partial charge on any atom is -0.347 e. The smallest absolute Gasteiger partial charge is 0.238 e. The Morgan fingerprint density at radius 2 is 2.17 bits per heavy atom. The molecule has 1 unspecified atom stereocenters. The molecule has 1 atom stereocenters. The van der Waals surface area contributed by atoms with Crippen LogP contribution in [0.3, 0.4) is 0 Å². The van der Waals surface area contributed by atoms with Crippen LogP contribution in [-0.2, 0) is 17.9 Å². The molecule has 0 saturated heterocycles. The van der Waals surface area contributed by atoms with Crippen molar-refractivity contribution in [2.24, 2.45) is 0 Å². The van der Waals surface area contributed by atoms with Crippen molar-refractivity contribution >= 4 is 17.5 Å². The quantitative estimate of drug-likeness (QED) is 0.882. The maximum absolute atomic E-state index is 11.7. The van der Waals surface area contributed by atoms with E-state index in [1.54, 1.807) is 19.0 Å². The van der Waals surface area contributed by atoms with Crippen LogP contribution in [-0.4, -0.2) is 40.7 Å². The number of likely N-dealkylation sites (N-methyl/N-ethyl adjacent to an activating group) is 1. The molecular weight excluding hydrogens is 252 g/mol. The van der Waals surface area contributed by atoms with Crippen molar-refractivity contribution in [1.82, 2.24) is 20.0 Å². The van der Waals surface area contributed by atoms with Gasteiger partial charge in [-0.1, -0.05) is 11.6 Å². The lowest BCUT2D eigenvalue weighted by Gasteiger charge is -2.18. The third-order valence-electron chi connectivity index (χ3n) is 2.84. The van der Waals surface area contributed by atoms with Gasteiger partial charge in [0.15, 0.2) is 0 Å². The summed E-state index contributed by atoms with van der Waals surface area (Å²) in [7, 11) is 3.49.